The Kier molecular flexibility index (Phi) is 3.34. The van der Waals surface area contributed by atoms with Gasteiger partial charge >= 0.3 is 5.97 Å². The lowest BCUT2D eigenvalue weighted by Crippen LogP contribution is -2.40. The molecule has 3 rings (SSSR count). The van der Waals surface area contributed by atoms with E-state index in [2.05, 4.69) is 14.9 Å². The number of hydrogen-bond donors (Lipinski definition) is 1. The molecule has 21 heavy (non-hydrogen) atoms. The summed E-state index contributed by atoms with van der Waals surface area (Å²) in [5, 5.41) is 16.5. The second kappa shape index (κ2) is 4.93. The van der Waals surface area contributed by atoms with Gasteiger partial charge in [-0.2, -0.15) is 4.31 Å². The number of benzene rings is 1. The number of sulfonamides is 1. The lowest BCUT2D eigenvalue weighted by molar-refractivity contribution is -0.140. The number of halogens is 1. The van der Waals surface area contributed by atoms with Gasteiger partial charge in [-0.05, 0) is 35.3 Å². The number of carboxylic acids is 1. The summed E-state index contributed by atoms with van der Waals surface area (Å²) in [6.45, 7) is 0.148. The summed E-state index contributed by atoms with van der Waals surface area (Å²) < 4.78 is 30.9. The summed E-state index contributed by atoms with van der Waals surface area (Å²) in [6.07, 6.45) is 0.770. The van der Waals surface area contributed by atoms with Gasteiger partial charge in [0.25, 0.3) is 0 Å². The summed E-state index contributed by atoms with van der Waals surface area (Å²) in [5.74, 6) is -1.17. The molecule has 1 aromatic carbocycles. The van der Waals surface area contributed by atoms with Crippen molar-refractivity contribution in [2.24, 2.45) is 0 Å². The molecule has 1 saturated heterocycles. The zero-order valence-electron chi connectivity index (χ0n) is 10.6. The molecule has 0 amide bonds. The smallest absolute Gasteiger partial charge is 0.322 e. The predicted octanol–water partition coefficient (Wildman–Crippen LogP) is 1.11. The normalized spacial score (nSPS) is 20.1. The van der Waals surface area contributed by atoms with Gasteiger partial charge in [0.05, 0.1) is 5.02 Å². The molecule has 8 nitrogen and oxygen atoms in total. The van der Waals surface area contributed by atoms with Crippen LogP contribution in [0, 0.1) is 0 Å². The fourth-order valence-corrected chi connectivity index (χ4v) is 4.38. The minimum atomic E-state index is -4.01. The Morgan fingerprint density at radius 2 is 2.10 bits per heavy atom. The summed E-state index contributed by atoms with van der Waals surface area (Å²) in [7, 11) is -4.01. The molecule has 1 N–H and O–H groups in total. The third-order valence-electron chi connectivity index (χ3n) is 3.40. The van der Waals surface area contributed by atoms with Crippen molar-refractivity contribution in [1.29, 1.82) is 0 Å². The first-order valence-electron chi connectivity index (χ1n) is 6.08. The molecular formula is C11H10ClN3O5S. The Bertz CT molecular complexity index is 818. The molecule has 0 saturated carbocycles. The van der Waals surface area contributed by atoms with E-state index in [1.807, 2.05) is 0 Å². The molecule has 1 atom stereocenters. The quantitative estimate of drug-likeness (QED) is 0.896. The number of nitrogens with zero attached hydrogens (tertiary/aromatic N) is 3. The molecule has 1 unspecified atom stereocenters. The molecule has 0 bridgehead atoms. The van der Waals surface area contributed by atoms with Crippen LogP contribution in [0.3, 0.4) is 0 Å². The fraction of sp³-hybridized carbons (Fsp3) is 0.364. The molecular weight excluding hydrogens is 322 g/mol. The number of fused-ring (bicyclic) bond motifs is 1. The van der Waals surface area contributed by atoms with E-state index < -0.39 is 22.0 Å². The fourth-order valence-electron chi connectivity index (χ4n) is 2.42. The van der Waals surface area contributed by atoms with Crippen molar-refractivity contribution in [3.05, 3.63) is 17.2 Å². The molecule has 1 fully saturated rings. The van der Waals surface area contributed by atoms with Gasteiger partial charge in [0.15, 0.2) is 11.0 Å². The van der Waals surface area contributed by atoms with E-state index >= 15 is 0 Å². The van der Waals surface area contributed by atoms with Crippen molar-refractivity contribution in [3.63, 3.8) is 0 Å². The van der Waals surface area contributed by atoms with E-state index in [9.17, 15) is 13.2 Å². The van der Waals surface area contributed by atoms with Gasteiger partial charge in [-0.15, -0.1) is 0 Å². The summed E-state index contributed by atoms with van der Waals surface area (Å²) in [6, 6.07) is 1.58. The van der Waals surface area contributed by atoms with Crippen molar-refractivity contribution in [3.8, 4) is 0 Å². The van der Waals surface area contributed by atoms with Crippen LogP contribution >= 0.6 is 11.6 Å². The molecule has 2 heterocycles. The highest BCUT2D eigenvalue weighted by Crippen LogP contribution is 2.32. The maximum absolute atomic E-state index is 12.7. The molecule has 0 spiro atoms. The molecule has 10 heteroatoms. The van der Waals surface area contributed by atoms with E-state index in [1.54, 1.807) is 0 Å². The Morgan fingerprint density at radius 3 is 2.81 bits per heavy atom. The minimum absolute atomic E-state index is 0.00135. The Hall–Kier alpha value is -1.71. The minimum Gasteiger partial charge on any atom is -0.480 e. The number of carboxylic acid groups (broad SMARTS) is 1. The molecule has 0 radical (unpaired) electrons. The Balaban J connectivity index is 2.15. The number of rotatable bonds is 3. The molecule has 112 valence electrons. The number of carbonyl (C=O) groups is 1. The maximum Gasteiger partial charge on any atom is 0.322 e. The van der Waals surface area contributed by atoms with Crippen molar-refractivity contribution < 1.29 is 22.9 Å². The largest absolute Gasteiger partial charge is 0.480 e. The molecule has 1 aliphatic rings. The van der Waals surface area contributed by atoms with E-state index in [1.165, 1.54) is 12.1 Å². The number of aliphatic carboxylic acids is 1. The number of aromatic nitrogens is 2. The Labute approximate surface area is 124 Å². The van der Waals surface area contributed by atoms with Gasteiger partial charge in [0.1, 0.15) is 10.9 Å². The van der Waals surface area contributed by atoms with Crippen LogP contribution in [-0.4, -0.2) is 46.7 Å². The molecule has 1 aromatic heterocycles. The zero-order valence-corrected chi connectivity index (χ0v) is 12.1. The average molecular weight is 332 g/mol. The summed E-state index contributed by atoms with van der Waals surface area (Å²) in [5.41, 5.74) is 0.127. The van der Waals surface area contributed by atoms with Crippen LogP contribution in [0.2, 0.25) is 5.02 Å². The van der Waals surface area contributed by atoms with Gasteiger partial charge in [-0.1, -0.05) is 11.6 Å². The van der Waals surface area contributed by atoms with Crippen LogP contribution < -0.4 is 0 Å². The monoisotopic (exact) mass is 331 g/mol. The van der Waals surface area contributed by atoms with Gasteiger partial charge < -0.3 is 5.11 Å². The highest BCUT2D eigenvalue weighted by molar-refractivity contribution is 7.89. The second-order valence-corrected chi connectivity index (χ2v) is 6.89. The van der Waals surface area contributed by atoms with Crippen LogP contribution in [-0.2, 0) is 14.8 Å². The van der Waals surface area contributed by atoms with Crippen LogP contribution in [0.4, 0.5) is 0 Å². The van der Waals surface area contributed by atoms with Crippen LogP contribution in [0.5, 0.6) is 0 Å². The first-order chi connectivity index (χ1) is 9.93. The van der Waals surface area contributed by atoms with Crippen molar-refractivity contribution in [1.82, 2.24) is 14.6 Å². The van der Waals surface area contributed by atoms with Gasteiger partial charge in [-0.3, -0.25) is 4.79 Å². The summed E-state index contributed by atoms with van der Waals surface area (Å²) >= 11 is 5.89. The van der Waals surface area contributed by atoms with Crippen molar-refractivity contribution >= 4 is 38.6 Å². The van der Waals surface area contributed by atoms with Crippen molar-refractivity contribution in [2.45, 2.75) is 23.8 Å². The standard InChI is InChI=1S/C11H10ClN3O5S/c12-6-3-4-8(10-9(6)13-20-14-10)21(18,19)15-5-1-2-7(15)11(16)17/h3-4,7H,1-2,5H2,(H,16,17). The highest BCUT2D eigenvalue weighted by Gasteiger charge is 2.40. The second-order valence-electron chi connectivity index (χ2n) is 4.62. The van der Waals surface area contributed by atoms with Gasteiger partial charge in [0.2, 0.25) is 10.0 Å². The Morgan fingerprint density at radius 1 is 1.38 bits per heavy atom. The van der Waals surface area contributed by atoms with Gasteiger partial charge in [0, 0.05) is 6.54 Å². The van der Waals surface area contributed by atoms with Crippen LogP contribution in [0.15, 0.2) is 21.7 Å². The SMILES string of the molecule is O=C(O)C1CCCN1S(=O)(=O)c1ccc(Cl)c2nonc12. The zero-order chi connectivity index (χ0) is 15.2. The molecule has 0 aliphatic carbocycles. The van der Waals surface area contributed by atoms with E-state index in [4.69, 9.17) is 16.7 Å². The third kappa shape index (κ3) is 2.17. The lowest BCUT2D eigenvalue weighted by Gasteiger charge is -2.20. The lowest BCUT2D eigenvalue weighted by atomic mass is 10.2. The molecule has 2 aromatic rings. The average Bonchev–Trinajstić information content (AvgIpc) is 3.08. The van der Waals surface area contributed by atoms with E-state index in [0.29, 0.717) is 6.42 Å². The predicted molar refractivity (Wildman–Crippen MR) is 71.4 cm³/mol. The third-order valence-corrected chi connectivity index (χ3v) is 5.65. The first-order valence-corrected chi connectivity index (χ1v) is 7.90. The highest BCUT2D eigenvalue weighted by atomic mass is 35.5. The van der Waals surface area contributed by atoms with Crippen LogP contribution in [0.25, 0.3) is 11.0 Å². The van der Waals surface area contributed by atoms with E-state index in [0.717, 1.165) is 4.31 Å². The number of hydrogen-bond acceptors (Lipinski definition) is 6. The van der Waals surface area contributed by atoms with Crippen LogP contribution in [0.1, 0.15) is 12.8 Å². The van der Waals surface area contributed by atoms with Gasteiger partial charge in [-0.25, -0.2) is 13.0 Å². The van der Waals surface area contributed by atoms with E-state index in [-0.39, 0.29) is 33.9 Å². The maximum atomic E-state index is 12.7. The topological polar surface area (TPSA) is 114 Å². The summed E-state index contributed by atoms with van der Waals surface area (Å²) in [4.78, 5) is 11.0. The van der Waals surface area contributed by atoms with Crippen molar-refractivity contribution in [2.75, 3.05) is 6.54 Å². The molecule has 1 aliphatic heterocycles. The first kappa shape index (κ1) is 14.2.